The van der Waals surface area contributed by atoms with Crippen LogP contribution >= 0.6 is 0 Å². The van der Waals surface area contributed by atoms with E-state index in [1.54, 1.807) is 0 Å². The van der Waals surface area contributed by atoms with Gasteiger partial charge in [0.2, 0.25) is 0 Å². The Morgan fingerprint density at radius 2 is 2.20 bits per heavy atom. The minimum absolute atomic E-state index is 0.284. The standard InChI is InChI=1S/C13H19NO/c1-10-5-2-3-7-12(10)13-11(9-15)6-4-8-14-13/h2-3,5,7,11,13-15H,4,6,8-9H2,1H3. The second-order valence-electron chi connectivity index (χ2n) is 4.37. The Balaban J connectivity index is 2.24. The topological polar surface area (TPSA) is 32.3 Å². The fourth-order valence-electron chi connectivity index (χ4n) is 2.45. The van der Waals surface area contributed by atoms with Gasteiger partial charge in [-0.2, -0.15) is 0 Å². The molecule has 0 amide bonds. The highest BCUT2D eigenvalue weighted by atomic mass is 16.3. The summed E-state index contributed by atoms with van der Waals surface area (Å²) in [4.78, 5) is 0. The minimum atomic E-state index is 0.284. The maximum absolute atomic E-state index is 9.37. The largest absolute Gasteiger partial charge is 0.396 e. The van der Waals surface area contributed by atoms with E-state index in [4.69, 9.17) is 0 Å². The van der Waals surface area contributed by atoms with Crippen LogP contribution in [-0.4, -0.2) is 18.3 Å². The van der Waals surface area contributed by atoms with Crippen LogP contribution in [0.25, 0.3) is 0 Å². The lowest BCUT2D eigenvalue weighted by Gasteiger charge is -2.32. The summed E-state index contributed by atoms with van der Waals surface area (Å²) < 4.78 is 0. The highest BCUT2D eigenvalue weighted by Crippen LogP contribution is 2.30. The summed E-state index contributed by atoms with van der Waals surface area (Å²) in [6.45, 7) is 3.49. The van der Waals surface area contributed by atoms with E-state index in [-0.39, 0.29) is 6.61 Å². The molecule has 15 heavy (non-hydrogen) atoms. The van der Waals surface area contributed by atoms with Gasteiger partial charge >= 0.3 is 0 Å². The first kappa shape index (κ1) is 10.7. The van der Waals surface area contributed by atoms with Crippen molar-refractivity contribution >= 4 is 0 Å². The van der Waals surface area contributed by atoms with Crippen molar-refractivity contribution in [3.8, 4) is 0 Å². The molecule has 0 bridgehead atoms. The average molecular weight is 205 g/mol. The molecule has 2 N–H and O–H groups in total. The third-order valence-electron chi connectivity index (χ3n) is 3.35. The number of aryl methyl sites for hydroxylation is 1. The van der Waals surface area contributed by atoms with Crippen LogP contribution in [0.4, 0.5) is 0 Å². The lowest BCUT2D eigenvalue weighted by molar-refractivity contribution is 0.160. The molecule has 82 valence electrons. The highest BCUT2D eigenvalue weighted by molar-refractivity contribution is 5.29. The van der Waals surface area contributed by atoms with E-state index in [0.29, 0.717) is 12.0 Å². The van der Waals surface area contributed by atoms with E-state index in [1.807, 2.05) is 0 Å². The zero-order valence-corrected chi connectivity index (χ0v) is 9.24. The predicted octanol–water partition coefficient (Wildman–Crippen LogP) is 2.03. The zero-order valence-electron chi connectivity index (χ0n) is 9.24. The van der Waals surface area contributed by atoms with Crippen LogP contribution in [0.15, 0.2) is 24.3 Å². The number of piperidine rings is 1. The van der Waals surface area contributed by atoms with Gasteiger partial charge < -0.3 is 10.4 Å². The Morgan fingerprint density at radius 1 is 1.40 bits per heavy atom. The lowest BCUT2D eigenvalue weighted by Crippen LogP contribution is -2.36. The second-order valence-corrected chi connectivity index (χ2v) is 4.37. The number of hydrogen-bond donors (Lipinski definition) is 2. The minimum Gasteiger partial charge on any atom is -0.396 e. The van der Waals surface area contributed by atoms with Crippen molar-refractivity contribution < 1.29 is 5.11 Å². The molecule has 1 aliphatic rings. The van der Waals surface area contributed by atoms with Gasteiger partial charge in [-0.15, -0.1) is 0 Å². The molecular weight excluding hydrogens is 186 g/mol. The smallest absolute Gasteiger partial charge is 0.0477 e. The van der Waals surface area contributed by atoms with Gasteiger partial charge in [0.25, 0.3) is 0 Å². The van der Waals surface area contributed by atoms with Crippen LogP contribution < -0.4 is 5.32 Å². The van der Waals surface area contributed by atoms with Crippen molar-refractivity contribution in [2.24, 2.45) is 5.92 Å². The third-order valence-corrected chi connectivity index (χ3v) is 3.35. The van der Waals surface area contributed by atoms with Crippen molar-refractivity contribution in [2.45, 2.75) is 25.8 Å². The van der Waals surface area contributed by atoms with Gasteiger partial charge in [-0.25, -0.2) is 0 Å². The number of aliphatic hydroxyl groups is 1. The monoisotopic (exact) mass is 205 g/mol. The van der Waals surface area contributed by atoms with Crippen LogP contribution in [-0.2, 0) is 0 Å². The van der Waals surface area contributed by atoms with Gasteiger partial charge in [-0.3, -0.25) is 0 Å². The summed E-state index contributed by atoms with van der Waals surface area (Å²) >= 11 is 0. The number of hydrogen-bond acceptors (Lipinski definition) is 2. The van der Waals surface area contributed by atoms with Gasteiger partial charge in [0.1, 0.15) is 0 Å². The maximum Gasteiger partial charge on any atom is 0.0477 e. The van der Waals surface area contributed by atoms with E-state index in [2.05, 4.69) is 36.5 Å². The Labute approximate surface area is 91.3 Å². The van der Waals surface area contributed by atoms with Crippen LogP contribution in [0.1, 0.15) is 30.0 Å². The van der Waals surface area contributed by atoms with E-state index in [1.165, 1.54) is 17.5 Å². The molecule has 1 aliphatic heterocycles. The number of nitrogens with one attached hydrogen (secondary N) is 1. The van der Waals surface area contributed by atoms with Gasteiger partial charge in [0.15, 0.2) is 0 Å². The number of rotatable bonds is 2. The quantitative estimate of drug-likeness (QED) is 0.774. The van der Waals surface area contributed by atoms with E-state index in [9.17, 15) is 5.11 Å². The van der Waals surface area contributed by atoms with E-state index >= 15 is 0 Å². The van der Waals surface area contributed by atoms with Crippen LogP contribution in [0, 0.1) is 12.8 Å². The molecule has 1 aromatic rings. The summed E-state index contributed by atoms with van der Waals surface area (Å²) in [5, 5.41) is 12.9. The molecule has 0 saturated carbocycles. The summed E-state index contributed by atoms with van der Waals surface area (Å²) in [5.41, 5.74) is 2.66. The molecule has 1 fully saturated rings. The fraction of sp³-hybridized carbons (Fsp3) is 0.538. The molecule has 2 unspecified atom stereocenters. The molecule has 2 heteroatoms. The second kappa shape index (κ2) is 4.77. The van der Waals surface area contributed by atoms with Gasteiger partial charge in [-0.1, -0.05) is 24.3 Å². The Hall–Kier alpha value is -0.860. The Morgan fingerprint density at radius 3 is 2.93 bits per heavy atom. The Kier molecular flexibility index (Phi) is 3.39. The molecule has 0 radical (unpaired) electrons. The zero-order chi connectivity index (χ0) is 10.7. The number of benzene rings is 1. The normalized spacial score (nSPS) is 26.5. The van der Waals surface area contributed by atoms with Crippen LogP contribution in [0.5, 0.6) is 0 Å². The molecule has 0 aromatic heterocycles. The van der Waals surface area contributed by atoms with Crippen molar-refractivity contribution in [2.75, 3.05) is 13.2 Å². The SMILES string of the molecule is Cc1ccccc1C1NCCCC1CO. The summed E-state index contributed by atoms with van der Waals surface area (Å²) in [5.74, 6) is 0.375. The molecular formula is C13H19NO. The molecule has 1 heterocycles. The first-order valence-electron chi connectivity index (χ1n) is 5.72. The van der Waals surface area contributed by atoms with E-state index in [0.717, 1.165) is 13.0 Å². The maximum atomic E-state index is 9.37. The fourth-order valence-corrected chi connectivity index (χ4v) is 2.45. The molecule has 1 aromatic carbocycles. The third kappa shape index (κ3) is 2.21. The predicted molar refractivity (Wildman–Crippen MR) is 61.7 cm³/mol. The highest BCUT2D eigenvalue weighted by Gasteiger charge is 2.26. The Bertz CT molecular complexity index is 324. The van der Waals surface area contributed by atoms with Crippen molar-refractivity contribution in [1.82, 2.24) is 5.32 Å². The molecule has 2 rings (SSSR count). The number of aliphatic hydroxyl groups excluding tert-OH is 1. The summed E-state index contributed by atoms with van der Waals surface area (Å²) in [6.07, 6.45) is 2.30. The molecule has 2 atom stereocenters. The van der Waals surface area contributed by atoms with E-state index < -0.39 is 0 Å². The molecule has 1 saturated heterocycles. The lowest BCUT2D eigenvalue weighted by atomic mass is 9.85. The average Bonchev–Trinajstić information content (AvgIpc) is 2.30. The van der Waals surface area contributed by atoms with Crippen LogP contribution in [0.2, 0.25) is 0 Å². The summed E-state index contributed by atoms with van der Waals surface area (Å²) in [6, 6.07) is 8.79. The van der Waals surface area contributed by atoms with Crippen molar-refractivity contribution in [1.29, 1.82) is 0 Å². The van der Waals surface area contributed by atoms with Gasteiger partial charge in [0, 0.05) is 18.6 Å². The molecule has 2 nitrogen and oxygen atoms in total. The van der Waals surface area contributed by atoms with Crippen molar-refractivity contribution in [3.63, 3.8) is 0 Å². The van der Waals surface area contributed by atoms with Crippen molar-refractivity contribution in [3.05, 3.63) is 35.4 Å². The first-order chi connectivity index (χ1) is 7.33. The summed E-state index contributed by atoms with van der Waals surface area (Å²) in [7, 11) is 0. The van der Waals surface area contributed by atoms with Gasteiger partial charge in [0.05, 0.1) is 0 Å². The first-order valence-corrected chi connectivity index (χ1v) is 5.72. The van der Waals surface area contributed by atoms with Crippen LogP contribution in [0.3, 0.4) is 0 Å². The molecule has 0 spiro atoms. The van der Waals surface area contributed by atoms with Gasteiger partial charge in [-0.05, 0) is 37.4 Å². The molecule has 0 aliphatic carbocycles.